The van der Waals surface area contributed by atoms with Gasteiger partial charge in [0.15, 0.2) is 0 Å². The Morgan fingerprint density at radius 1 is 0.500 bits per heavy atom. The number of para-hydroxylation sites is 3. The van der Waals surface area contributed by atoms with Crippen molar-refractivity contribution in [2.24, 2.45) is 10.7 Å². The molecule has 0 aliphatic heterocycles. The quantitative estimate of drug-likeness (QED) is 0.172. The van der Waals surface area contributed by atoms with Gasteiger partial charge in [0.1, 0.15) is 6.17 Å². The highest BCUT2D eigenvalue weighted by atomic mass is 15.1. The van der Waals surface area contributed by atoms with E-state index < -0.39 is 6.17 Å². The highest BCUT2D eigenvalue weighted by Crippen LogP contribution is 2.37. The molecule has 200 valence electrons. The fourth-order valence-corrected chi connectivity index (χ4v) is 6.19. The molecule has 0 saturated carbocycles. The van der Waals surface area contributed by atoms with Gasteiger partial charge in [-0.05, 0) is 59.2 Å². The summed E-state index contributed by atoms with van der Waals surface area (Å²) in [5, 5.41) is 4.89. The third-order valence-corrected chi connectivity index (χ3v) is 8.22. The lowest BCUT2D eigenvalue weighted by molar-refractivity contribution is 0.776. The van der Waals surface area contributed by atoms with Gasteiger partial charge in [-0.2, -0.15) is 0 Å². The highest BCUT2D eigenvalue weighted by Gasteiger charge is 2.15. The van der Waals surface area contributed by atoms with Gasteiger partial charge in [0.2, 0.25) is 0 Å². The van der Waals surface area contributed by atoms with Crippen molar-refractivity contribution in [3.63, 3.8) is 0 Å². The molecule has 0 saturated heterocycles. The summed E-state index contributed by atoms with van der Waals surface area (Å²) in [6.45, 7) is 0. The second-order valence-electron chi connectivity index (χ2n) is 10.7. The SMILES string of the molecule is NC(/N=C/n1c2ccccc2c2cc(-c3ccc4c5ccccc5n(-c5ccccc5)c4c3)ccc21)c1ccccc1. The normalized spacial score (nSPS) is 12.7. The number of benzene rings is 6. The highest BCUT2D eigenvalue weighted by molar-refractivity contribution is 6.13. The van der Waals surface area contributed by atoms with Crippen LogP contribution in [0.15, 0.2) is 151 Å². The zero-order valence-electron chi connectivity index (χ0n) is 22.9. The molecule has 0 aliphatic rings. The molecule has 8 aromatic rings. The van der Waals surface area contributed by atoms with Crippen LogP contribution in [0.5, 0.6) is 0 Å². The first kappa shape index (κ1) is 24.4. The van der Waals surface area contributed by atoms with Crippen LogP contribution in [0.25, 0.3) is 60.4 Å². The Morgan fingerprint density at radius 2 is 1.07 bits per heavy atom. The zero-order valence-corrected chi connectivity index (χ0v) is 22.9. The monoisotopic (exact) mass is 540 g/mol. The Morgan fingerprint density at radius 3 is 1.86 bits per heavy atom. The smallest absolute Gasteiger partial charge is 0.124 e. The Bertz CT molecular complexity index is 2260. The van der Waals surface area contributed by atoms with Crippen LogP contribution in [0, 0.1) is 0 Å². The summed E-state index contributed by atoms with van der Waals surface area (Å²) >= 11 is 0. The van der Waals surface area contributed by atoms with Crippen LogP contribution in [0.4, 0.5) is 0 Å². The van der Waals surface area contributed by atoms with E-state index in [1.807, 2.05) is 36.7 Å². The Balaban J connectivity index is 1.28. The second kappa shape index (κ2) is 9.88. The molecule has 0 radical (unpaired) electrons. The van der Waals surface area contributed by atoms with E-state index in [1.54, 1.807) is 0 Å². The fourth-order valence-electron chi connectivity index (χ4n) is 6.19. The standard InChI is InChI=1S/C38H28N4/c39-38(26-11-3-1-4-12-26)40-25-41-34-17-9-7-16-31(34)33-23-27(20-22-35(33)41)28-19-21-32-30-15-8-10-18-36(30)42(37(32)24-28)29-13-5-2-6-14-29/h1-25,38H,39H2/b40-25+. The maximum Gasteiger partial charge on any atom is 0.124 e. The van der Waals surface area contributed by atoms with E-state index in [4.69, 9.17) is 10.7 Å². The van der Waals surface area contributed by atoms with E-state index in [9.17, 15) is 0 Å². The van der Waals surface area contributed by atoms with Gasteiger partial charge >= 0.3 is 0 Å². The maximum absolute atomic E-state index is 6.41. The topological polar surface area (TPSA) is 48.2 Å². The van der Waals surface area contributed by atoms with Crippen LogP contribution in [-0.4, -0.2) is 15.5 Å². The summed E-state index contributed by atoms with van der Waals surface area (Å²) in [5.74, 6) is 0. The number of hydrogen-bond acceptors (Lipinski definition) is 2. The van der Waals surface area contributed by atoms with Crippen molar-refractivity contribution in [2.75, 3.05) is 0 Å². The number of nitrogens with zero attached hydrogens (tertiary/aromatic N) is 3. The number of aliphatic imine (C=N–C) groups is 1. The molecule has 0 fully saturated rings. The van der Waals surface area contributed by atoms with Crippen molar-refractivity contribution >= 4 is 50.0 Å². The lowest BCUT2D eigenvalue weighted by atomic mass is 10.0. The Hall–Kier alpha value is -5.45. The van der Waals surface area contributed by atoms with Crippen molar-refractivity contribution in [3.05, 3.63) is 151 Å². The van der Waals surface area contributed by atoms with Crippen molar-refractivity contribution in [2.45, 2.75) is 6.17 Å². The van der Waals surface area contributed by atoms with Gasteiger partial charge in [-0.15, -0.1) is 0 Å². The minimum Gasteiger partial charge on any atom is -0.309 e. The first-order chi connectivity index (χ1) is 20.8. The average molecular weight is 541 g/mol. The molecular weight excluding hydrogens is 512 g/mol. The number of nitrogens with two attached hydrogens (primary N) is 1. The van der Waals surface area contributed by atoms with Gasteiger partial charge in [-0.25, -0.2) is 0 Å². The zero-order chi connectivity index (χ0) is 28.0. The molecule has 4 heteroatoms. The lowest BCUT2D eigenvalue weighted by Crippen LogP contribution is -2.09. The number of hydrogen-bond donors (Lipinski definition) is 1. The molecule has 8 rings (SSSR count). The van der Waals surface area contributed by atoms with Crippen LogP contribution in [-0.2, 0) is 0 Å². The predicted octanol–water partition coefficient (Wildman–Crippen LogP) is 9.09. The summed E-state index contributed by atoms with van der Waals surface area (Å²) in [6, 6.07) is 51.2. The fraction of sp³-hybridized carbons (Fsp3) is 0.0263. The molecule has 0 bridgehead atoms. The summed E-state index contributed by atoms with van der Waals surface area (Å²) < 4.78 is 4.51. The summed E-state index contributed by atoms with van der Waals surface area (Å²) in [7, 11) is 0. The molecule has 6 aromatic carbocycles. The van der Waals surface area contributed by atoms with E-state index in [2.05, 4.69) is 124 Å². The third kappa shape index (κ3) is 3.92. The molecule has 42 heavy (non-hydrogen) atoms. The second-order valence-corrected chi connectivity index (χ2v) is 10.7. The van der Waals surface area contributed by atoms with E-state index in [1.165, 1.54) is 43.7 Å². The van der Waals surface area contributed by atoms with Crippen molar-refractivity contribution in [1.29, 1.82) is 0 Å². The third-order valence-electron chi connectivity index (χ3n) is 8.22. The van der Waals surface area contributed by atoms with Crippen LogP contribution in [0.3, 0.4) is 0 Å². The molecular formula is C38H28N4. The van der Waals surface area contributed by atoms with Crippen LogP contribution in [0.1, 0.15) is 11.7 Å². The Labute approximate surface area is 243 Å². The van der Waals surface area contributed by atoms with E-state index in [0.29, 0.717) is 0 Å². The van der Waals surface area contributed by atoms with Gasteiger partial charge in [0.05, 0.1) is 28.4 Å². The molecule has 0 spiro atoms. The molecule has 1 atom stereocenters. The van der Waals surface area contributed by atoms with Crippen LogP contribution < -0.4 is 5.73 Å². The largest absolute Gasteiger partial charge is 0.309 e. The molecule has 2 aromatic heterocycles. The van der Waals surface area contributed by atoms with Gasteiger partial charge < -0.3 is 14.9 Å². The molecule has 2 N–H and O–H groups in total. The van der Waals surface area contributed by atoms with E-state index in [0.717, 1.165) is 22.3 Å². The molecule has 1 unspecified atom stereocenters. The lowest BCUT2D eigenvalue weighted by Gasteiger charge is -2.09. The number of aromatic nitrogens is 2. The van der Waals surface area contributed by atoms with Gasteiger partial charge in [-0.1, -0.05) is 103 Å². The number of rotatable bonds is 5. The molecule has 0 amide bonds. The minimum absolute atomic E-state index is 0.426. The summed E-state index contributed by atoms with van der Waals surface area (Å²) in [4.78, 5) is 4.72. The first-order valence-electron chi connectivity index (χ1n) is 14.2. The van der Waals surface area contributed by atoms with Crippen LogP contribution >= 0.6 is 0 Å². The summed E-state index contributed by atoms with van der Waals surface area (Å²) in [6.07, 6.45) is 1.44. The average Bonchev–Trinajstić information content (AvgIpc) is 3.56. The maximum atomic E-state index is 6.41. The van der Waals surface area contributed by atoms with Crippen molar-refractivity contribution in [3.8, 4) is 16.8 Å². The first-order valence-corrected chi connectivity index (χ1v) is 14.2. The van der Waals surface area contributed by atoms with Crippen molar-refractivity contribution < 1.29 is 0 Å². The number of fused-ring (bicyclic) bond motifs is 6. The van der Waals surface area contributed by atoms with Gasteiger partial charge in [-0.3, -0.25) is 4.99 Å². The van der Waals surface area contributed by atoms with Crippen molar-refractivity contribution in [1.82, 2.24) is 9.13 Å². The summed E-state index contributed by atoms with van der Waals surface area (Å²) in [5.41, 5.74) is 15.5. The van der Waals surface area contributed by atoms with E-state index in [-0.39, 0.29) is 0 Å². The molecule has 2 heterocycles. The van der Waals surface area contributed by atoms with Crippen LogP contribution in [0.2, 0.25) is 0 Å². The molecule has 4 nitrogen and oxygen atoms in total. The van der Waals surface area contributed by atoms with E-state index >= 15 is 0 Å². The Kier molecular flexibility index (Phi) is 5.73. The molecule has 0 aliphatic carbocycles. The van der Waals surface area contributed by atoms with Gasteiger partial charge in [0.25, 0.3) is 0 Å². The minimum atomic E-state index is -0.426. The predicted molar refractivity (Wildman–Crippen MR) is 176 cm³/mol. The van der Waals surface area contributed by atoms with Gasteiger partial charge in [0, 0.05) is 27.2 Å².